The molecule has 1 amide bonds. The first-order valence-corrected chi connectivity index (χ1v) is 9.83. The van der Waals surface area contributed by atoms with Crippen LogP contribution >= 0.6 is 0 Å². The van der Waals surface area contributed by atoms with Crippen molar-refractivity contribution in [1.82, 2.24) is 14.8 Å². The molecule has 3 heterocycles. The smallest absolute Gasteiger partial charge is 0.271 e. The SMILES string of the molecule is C[C@@H]1CN(c2nc3ccccn3c(=O)c2/C=N\NC(=O)c2ccccc2)C[C@@H](C)O1. The molecule has 30 heavy (non-hydrogen) atoms. The number of rotatable bonds is 4. The predicted molar refractivity (Wildman–Crippen MR) is 115 cm³/mol. The molecule has 1 saturated heterocycles. The van der Waals surface area contributed by atoms with Crippen molar-refractivity contribution >= 4 is 23.6 Å². The van der Waals surface area contributed by atoms with Crippen LogP contribution in [-0.2, 0) is 4.74 Å². The Hall–Kier alpha value is -3.52. The van der Waals surface area contributed by atoms with Gasteiger partial charge in [0.2, 0.25) is 0 Å². The summed E-state index contributed by atoms with van der Waals surface area (Å²) in [5, 5.41) is 4.04. The number of carbonyl (C=O) groups excluding carboxylic acids is 1. The molecule has 0 saturated carbocycles. The molecule has 2 aromatic heterocycles. The maximum atomic E-state index is 13.2. The second-order valence-corrected chi connectivity index (χ2v) is 7.31. The van der Waals surface area contributed by atoms with Gasteiger partial charge in [-0.15, -0.1) is 0 Å². The van der Waals surface area contributed by atoms with Crippen LogP contribution in [0.3, 0.4) is 0 Å². The average molecular weight is 405 g/mol. The van der Waals surface area contributed by atoms with Gasteiger partial charge in [0.15, 0.2) is 0 Å². The molecule has 2 atom stereocenters. The zero-order chi connectivity index (χ0) is 21.1. The van der Waals surface area contributed by atoms with Gasteiger partial charge >= 0.3 is 0 Å². The summed E-state index contributed by atoms with van der Waals surface area (Å²) in [6, 6.07) is 14.2. The Kier molecular flexibility index (Phi) is 5.58. The van der Waals surface area contributed by atoms with Gasteiger partial charge in [-0.1, -0.05) is 24.3 Å². The number of carbonyl (C=O) groups is 1. The Morgan fingerprint density at radius 2 is 1.83 bits per heavy atom. The second-order valence-electron chi connectivity index (χ2n) is 7.31. The number of morpholine rings is 1. The number of fused-ring (bicyclic) bond motifs is 1. The molecular weight excluding hydrogens is 382 g/mol. The van der Waals surface area contributed by atoms with Gasteiger partial charge in [-0.3, -0.25) is 14.0 Å². The minimum Gasteiger partial charge on any atom is -0.372 e. The van der Waals surface area contributed by atoms with Crippen molar-refractivity contribution in [3.05, 3.63) is 76.2 Å². The maximum Gasteiger partial charge on any atom is 0.271 e. The molecule has 1 aliphatic heterocycles. The summed E-state index contributed by atoms with van der Waals surface area (Å²) in [7, 11) is 0. The van der Waals surface area contributed by atoms with Gasteiger partial charge in [0.1, 0.15) is 17.0 Å². The summed E-state index contributed by atoms with van der Waals surface area (Å²) >= 11 is 0. The molecule has 0 spiro atoms. The lowest BCUT2D eigenvalue weighted by Crippen LogP contribution is -2.47. The molecule has 8 heteroatoms. The molecule has 1 N–H and O–H groups in total. The third-order valence-corrected chi connectivity index (χ3v) is 4.86. The van der Waals surface area contributed by atoms with Crippen molar-refractivity contribution in [2.45, 2.75) is 26.1 Å². The second kappa shape index (κ2) is 8.46. The van der Waals surface area contributed by atoms with Crippen LogP contribution in [0.2, 0.25) is 0 Å². The van der Waals surface area contributed by atoms with E-state index in [2.05, 4.69) is 10.5 Å². The molecule has 3 aromatic rings. The number of nitrogens with zero attached hydrogens (tertiary/aromatic N) is 4. The fourth-order valence-electron chi connectivity index (χ4n) is 3.61. The van der Waals surface area contributed by atoms with Crippen molar-refractivity contribution in [3.8, 4) is 0 Å². The number of hydrazone groups is 1. The van der Waals surface area contributed by atoms with Gasteiger partial charge in [0.05, 0.1) is 18.4 Å². The van der Waals surface area contributed by atoms with Crippen molar-refractivity contribution in [2.24, 2.45) is 5.10 Å². The number of nitrogens with one attached hydrogen (secondary N) is 1. The van der Waals surface area contributed by atoms with Crippen molar-refractivity contribution in [1.29, 1.82) is 0 Å². The highest BCUT2D eigenvalue weighted by Crippen LogP contribution is 2.20. The van der Waals surface area contributed by atoms with Crippen LogP contribution < -0.4 is 15.9 Å². The Balaban J connectivity index is 1.71. The number of hydrogen-bond acceptors (Lipinski definition) is 6. The molecule has 1 fully saturated rings. The predicted octanol–water partition coefficient (Wildman–Crippen LogP) is 2.07. The summed E-state index contributed by atoms with van der Waals surface area (Å²) in [6.45, 7) is 5.20. The zero-order valence-electron chi connectivity index (χ0n) is 16.9. The Morgan fingerprint density at radius 1 is 1.13 bits per heavy atom. The van der Waals surface area contributed by atoms with Gasteiger partial charge < -0.3 is 9.64 Å². The molecule has 0 aliphatic carbocycles. The standard InChI is InChI=1S/C22H23N5O3/c1-15-13-26(14-16(2)30-15)20-18(22(29)27-11-7-6-10-19(27)24-20)12-23-25-21(28)17-8-4-3-5-9-17/h3-12,15-16H,13-14H2,1-2H3,(H,25,28)/b23-12-/t15-,16-/m1/s1. The molecule has 154 valence electrons. The van der Waals surface area contributed by atoms with Gasteiger partial charge in [0, 0.05) is 24.8 Å². The van der Waals surface area contributed by atoms with E-state index in [1.807, 2.05) is 30.9 Å². The van der Waals surface area contributed by atoms with E-state index in [4.69, 9.17) is 9.72 Å². The molecule has 0 bridgehead atoms. The van der Waals surface area contributed by atoms with Crippen LogP contribution in [0.1, 0.15) is 29.8 Å². The first-order chi connectivity index (χ1) is 14.5. The van der Waals surface area contributed by atoms with Gasteiger partial charge in [0.25, 0.3) is 11.5 Å². The van der Waals surface area contributed by atoms with Crippen LogP contribution in [0.25, 0.3) is 5.65 Å². The zero-order valence-corrected chi connectivity index (χ0v) is 16.9. The Labute approximate surface area is 173 Å². The topological polar surface area (TPSA) is 88.3 Å². The van der Waals surface area contributed by atoms with Crippen molar-refractivity contribution in [3.63, 3.8) is 0 Å². The summed E-state index contributed by atoms with van der Waals surface area (Å²) in [5.74, 6) is 0.182. The van der Waals surface area contributed by atoms with Crippen LogP contribution in [0.4, 0.5) is 5.82 Å². The highest BCUT2D eigenvalue weighted by atomic mass is 16.5. The number of aromatic nitrogens is 2. The molecule has 1 aliphatic rings. The van der Waals surface area contributed by atoms with Crippen LogP contribution in [0.15, 0.2) is 64.6 Å². The number of pyridine rings is 1. The summed E-state index contributed by atoms with van der Waals surface area (Å²) in [4.78, 5) is 32.2. The molecular formula is C22H23N5O3. The molecule has 0 radical (unpaired) electrons. The first kappa shape index (κ1) is 19.8. The third kappa shape index (κ3) is 4.08. The van der Waals surface area contributed by atoms with E-state index < -0.39 is 0 Å². The quantitative estimate of drug-likeness (QED) is 0.530. The van der Waals surface area contributed by atoms with Gasteiger partial charge in [-0.2, -0.15) is 5.10 Å². The van der Waals surface area contributed by atoms with E-state index in [0.717, 1.165) is 0 Å². The number of benzene rings is 1. The lowest BCUT2D eigenvalue weighted by Gasteiger charge is -2.36. The molecule has 4 rings (SSSR count). The van der Waals surface area contributed by atoms with Crippen LogP contribution in [-0.4, -0.2) is 46.8 Å². The third-order valence-electron chi connectivity index (χ3n) is 4.86. The van der Waals surface area contributed by atoms with E-state index in [-0.39, 0.29) is 23.7 Å². The molecule has 8 nitrogen and oxygen atoms in total. The number of anilines is 1. The number of amides is 1. The number of ether oxygens (including phenoxy) is 1. The normalized spacial score (nSPS) is 19.3. The average Bonchev–Trinajstić information content (AvgIpc) is 2.75. The molecule has 1 aromatic carbocycles. The summed E-state index contributed by atoms with van der Waals surface area (Å²) in [6.07, 6.45) is 3.05. The minimum atomic E-state index is -0.351. The Morgan fingerprint density at radius 3 is 2.57 bits per heavy atom. The maximum absolute atomic E-state index is 13.2. The summed E-state index contributed by atoms with van der Waals surface area (Å²) in [5.41, 5.74) is 3.58. The highest BCUT2D eigenvalue weighted by molar-refractivity contribution is 5.95. The fourth-order valence-corrected chi connectivity index (χ4v) is 3.61. The highest BCUT2D eigenvalue weighted by Gasteiger charge is 2.26. The van der Waals surface area contributed by atoms with E-state index >= 15 is 0 Å². The van der Waals surface area contributed by atoms with E-state index in [1.54, 1.807) is 42.6 Å². The first-order valence-electron chi connectivity index (χ1n) is 9.83. The Bertz CT molecular complexity index is 1130. The summed E-state index contributed by atoms with van der Waals surface area (Å²) < 4.78 is 7.28. The largest absolute Gasteiger partial charge is 0.372 e. The van der Waals surface area contributed by atoms with E-state index in [1.165, 1.54) is 10.6 Å². The molecule has 0 unspecified atom stereocenters. The lowest BCUT2D eigenvalue weighted by atomic mass is 10.2. The van der Waals surface area contributed by atoms with E-state index in [0.29, 0.717) is 35.7 Å². The monoisotopic (exact) mass is 405 g/mol. The van der Waals surface area contributed by atoms with Crippen molar-refractivity contribution < 1.29 is 9.53 Å². The van der Waals surface area contributed by atoms with Gasteiger partial charge in [-0.05, 0) is 38.1 Å². The van der Waals surface area contributed by atoms with Gasteiger partial charge in [-0.25, -0.2) is 10.4 Å². The lowest BCUT2D eigenvalue weighted by molar-refractivity contribution is -0.00546. The number of hydrogen-bond donors (Lipinski definition) is 1. The van der Waals surface area contributed by atoms with E-state index in [9.17, 15) is 9.59 Å². The minimum absolute atomic E-state index is 0.00680. The van der Waals surface area contributed by atoms with Crippen LogP contribution in [0.5, 0.6) is 0 Å². The fraction of sp³-hybridized carbons (Fsp3) is 0.273. The van der Waals surface area contributed by atoms with Crippen molar-refractivity contribution in [2.75, 3.05) is 18.0 Å². The van der Waals surface area contributed by atoms with Crippen LogP contribution in [0, 0.1) is 0 Å².